The average Bonchev–Trinajstić information content (AvgIpc) is 2.94. The van der Waals surface area contributed by atoms with Gasteiger partial charge in [-0.1, -0.05) is 35.9 Å². The number of hydrogen-bond donors (Lipinski definition) is 1. The van der Waals surface area contributed by atoms with Gasteiger partial charge in [0.1, 0.15) is 0 Å². The van der Waals surface area contributed by atoms with Crippen LogP contribution in [0.4, 0.5) is 5.69 Å². The molecule has 0 aliphatic heterocycles. The molecular weight excluding hydrogens is 234 g/mol. The van der Waals surface area contributed by atoms with E-state index in [1.807, 2.05) is 18.2 Å². The zero-order valence-corrected chi connectivity index (χ0v) is 10.2. The summed E-state index contributed by atoms with van der Waals surface area (Å²) in [4.78, 5) is 12.2. The maximum Gasteiger partial charge on any atom is 0.228 e. The van der Waals surface area contributed by atoms with Crippen LogP contribution in [0, 0.1) is 17.8 Å². The van der Waals surface area contributed by atoms with Crippen molar-refractivity contribution in [3.8, 4) is 0 Å². The van der Waals surface area contributed by atoms with Crippen LogP contribution in [0.1, 0.15) is 12.8 Å². The molecule has 3 heteroatoms. The highest BCUT2D eigenvalue weighted by molar-refractivity contribution is 6.33. The van der Waals surface area contributed by atoms with Gasteiger partial charge in [-0.3, -0.25) is 4.79 Å². The number of benzene rings is 1. The van der Waals surface area contributed by atoms with Crippen LogP contribution in [0.25, 0.3) is 0 Å². The largest absolute Gasteiger partial charge is 0.325 e. The van der Waals surface area contributed by atoms with Gasteiger partial charge in [-0.15, -0.1) is 0 Å². The summed E-state index contributed by atoms with van der Waals surface area (Å²) in [7, 11) is 0. The lowest BCUT2D eigenvalue weighted by atomic mass is 9.93. The van der Waals surface area contributed by atoms with Crippen molar-refractivity contribution < 1.29 is 4.79 Å². The molecule has 0 aromatic heterocycles. The smallest absolute Gasteiger partial charge is 0.228 e. The molecular formula is C14H14ClNO. The Morgan fingerprint density at radius 2 is 2.06 bits per heavy atom. The van der Waals surface area contributed by atoms with Gasteiger partial charge in [-0.2, -0.15) is 0 Å². The summed E-state index contributed by atoms with van der Waals surface area (Å²) in [6.45, 7) is 0. The van der Waals surface area contributed by atoms with E-state index < -0.39 is 0 Å². The van der Waals surface area contributed by atoms with E-state index in [0.717, 1.165) is 12.8 Å². The Labute approximate surface area is 106 Å². The number of fused-ring (bicyclic) bond motifs is 2. The van der Waals surface area contributed by atoms with Crippen LogP contribution < -0.4 is 5.32 Å². The first-order valence-electron chi connectivity index (χ1n) is 5.98. The fraction of sp³-hybridized carbons (Fsp3) is 0.357. The topological polar surface area (TPSA) is 29.1 Å². The number of anilines is 1. The molecule has 2 bridgehead atoms. The number of allylic oxidation sites excluding steroid dienone is 2. The van der Waals surface area contributed by atoms with Gasteiger partial charge >= 0.3 is 0 Å². The van der Waals surface area contributed by atoms with Crippen molar-refractivity contribution in [2.45, 2.75) is 12.8 Å². The molecule has 2 aliphatic rings. The summed E-state index contributed by atoms with van der Waals surface area (Å²) in [5, 5.41) is 3.53. The highest BCUT2D eigenvalue weighted by Crippen LogP contribution is 2.43. The van der Waals surface area contributed by atoms with E-state index in [0.29, 0.717) is 22.5 Å². The van der Waals surface area contributed by atoms with E-state index in [-0.39, 0.29) is 11.8 Å². The molecule has 0 spiro atoms. The predicted octanol–water partition coefficient (Wildman–Crippen LogP) is 3.49. The van der Waals surface area contributed by atoms with Crippen LogP contribution in [0.2, 0.25) is 5.02 Å². The van der Waals surface area contributed by atoms with Crippen molar-refractivity contribution in [1.29, 1.82) is 0 Å². The molecule has 3 rings (SSSR count). The van der Waals surface area contributed by atoms with Crippen molar-refractivity contribution in [3.05, 3.63) is 41.4 Å². The van der Waals surface area contributed by atoms with Gasteiger partial charge in [-0.25, -0.2) is 0 Å². The summed E-state index contributed by atoms with van der Waals surface area (Å²) >= 11 is 6.03. The molecule has 1 aromatic rings. The van der Waals surface area contributed by atoms with Crippen LogP contribution in [0.3, 0.4) is 0 Å². The second-order valence-electron chi connectivity index (χ2n) is 4.86. The number of amides is 1. The molecule has 1 amide bonds. The molecule has 1 aromatic carbocycles. The fourth-order valence-corrected chi connectivity index (χ4v) is 3.05. The zero-order chi connectivity index (χ0) is 11.8. The van der Waals surface area contributed by atoms with E-state index in [1.165, 1.54) is 0 Å². The van der Waals surface area contributed by atoms with Gasteiger partial charge < -0.3 is 5.32 Å². The number of rotatable bonds is 2. The Kier molecular flexibility index (Phi) is 2.67. The molecule has 1 saturated carbocycles. The molecule has 1 fully saturated rings. The maximum absolute atomic E-state index is 12.2. The van der Waals surface area contributed by atoms with Gasteiger partial charge in [0.15, 0.2) is 0 Å². The molecule has 0 heterocycles. The van der Waals surface area contributed by atoms with Crippen molar-refractivity contribution in [3.63, 3.8) is 0 Å². The highest BCUT2D eigenvalue weighted by Gasteiger charge is 2.39. The van der Waals surface area contributed by atoms with Crippen LogP contribution in [-0.2, 0) is 4.79 Å². The lowest BCUT2D eigenvalue weighted by molar-refractivity contribution is -0.120. The third kappa shape index (κ3) is 1.98. The second-order valence-corrected chi connectivity index (χ2v) is 5.26. The molecule has 3 atom stereocenters. The SMILES string of the molecule is O=C(Nc1ccccc1Cl)C1CC2C=CC1C2. The van der Waals surface area contributed by atoms with Crippen LogP contribution in [0.15, 0.2) is 36.4 Å². The summed E-state index contributed by atoms with van der Waals surface area (Å²) < 4.78 is 0. The lowest BCUT2D eigenvalue weighted by Gasteiger charge is -2.17. The van der Waals surface area contributed by atoms with E-state index in [4.69, 9.17) is 11.6 Å². The minimum absolute atomic E-state index is 0.106. The maximum atomic E-state index is 12.2. The number of para-hydroxylation sites is 1. The van der Waals surface area contributed by atoms with Gasteiger partial charge in [-0.05, 0) is 36.8 Å². The molecule has 1 N–H and O–H groups in total. The summed E-state index contributed by atoms with van der Waals surface area (Å²) in [5.41, 5.74) is 0.714. The predicted molar refractivity (Wildman–Crippen MR) is 68.9 cm³/mol. The monoisotopic (exact) mass is 247 g/mol. The number of nitrogens with one attached hydrogen (secondary N) is 1. The third-order valence-electron chi connectivity index (χ3n) is 3.75. The van der Waals surface area contributed by atoms with Crippen LogP contribution in [0.5, 0.6) is 0 Å². The Hall–Kier alpha value is -1.28. The third-order valence-corrected chi connectivity index (χ3v) is 4.08. The second kappa shape index (κ2) is 4.19. The normalized spacial score (nSPS) is 29.6. The Morgan fingerprint density at radius 3 is 2.71 bits per heavy atom. The standard InChI is InChI=1S/C14H14ClNO/c15-12-3-1-2-4-13(12)16-14(17)11-8-9-5-6-10(11)7-9/h1-6,9-11H,7-8H2,(H,16,17). The fourth-order valence-electron chi connectivity index (χ4n) is 2.87. The molecule has 88 valence electrons. The zero-order valence-electron chi connectivity index (χ0n) is 9.40. The van der Waals surface area contributed by atoms with Crippen molar-refractivity contribution in [1.82, 2.24) is 0 Å². The van der Waals surface area contributed by atoms with E-state index in [9.17, 15) is 4.79 Å². The minimum atomic E-state index is 0.106. The molecule has 2 nitrogen and oxygen atoms in total. The van der Waals surface area contributed by atoms with Crippen LogP contribution >= 0.6 is 11.6 Å². The summed E-state index contributed by atoms with van der Waals surface area (Å²) in [5.74, 6) is 1.28. The Balaban J connectivity index is 1.72. The Bertz CT molecular complexity index is 483. The van der Waals surface area contributed by atoms with Gasteiger partial charge in [0, 0.05) is 5.92 Å². The van der Waals surface area contributed by atoms with Crippen molar-refractivity contribution in [2.24, 2.45) is 17.8 Å². The van der Waals surface area contributed by atoms with E-state index >= 15 is 0 Å². The van der Waals surface area contributed by atoms with E-state index in [2.05, 4.69) is 17.5 Å². The first-order chi connectivity index (χ1) is 8.24. The van der Waals surface area contributed by atoms with Gasteiger partial charge in [0.25, 0.3) is 0 Å². The Morgan fingerprint density at radius 1 is 1.24 bits per heavy atom. The van der Waals surface area contributed by atoms with Gasteiger partial charge in [0.05, 0.1) is 10.7 Å². The average molecular weight is 248 g/mol. The van der Waals surface area contributed by atoms with Crippen LogP contribution in [-0.4, -0.2) is 5.91 Å². The molecule has 17 heavy (non-hydrogen) atoms. The highest BCUT2D eigenvalue weighted by atomic mass is 35.5. The summed E-state index contributed by atoms with van der Waals surface area (Å²) in [6, 6.07) is 7.36. The molecule has 0 radical (unpaired) electrons. The first kappa shape index (κ1) is 10.8. The first-order valence-corrected chi connectivity index (χ1v) is 6.35. The number of carbonyl (C=O) groups is 1. The van der Waals surface area contributed by atoms with E-state index in [1.54, 1.807) is 6.07 Å². The summed E-state index contributed by atoms with van der Waals surface area (Å²) in [6.07, 6.45) is 6.55. The number of hydrogen-bond acceptors (Lipinski definition) is 1. The van der Waals surface area contributed by atoms with Gasteiger partial charge in [0.2, 0.25) is 5.91 Å². The van der Waals surface area contributed by atoms with Crippen molar-refractivity contribution >= 4 is 23.2 Å². The lowest BCUT2D eigenvalue weighted by Crippen LogP contribution is -2.25. The molecule has 2 aliphatic carbocycles. The van der Waals surface area contributed by atoms with Crippen molar-refractivity contribution in [2.75, 3.05) is 5.32 Å². The number of carbonyl (C=O) groups excluding carboxylic acids is 1. The minimum Gasteiger partial charge on any atom is -0.325 e. The molecule has 3 unspecified atom stereocenters. The quantitative estimate of drug-likeness (QED) is 0.797. The number of halogens is 1. The molecule has 0 saturated heterocycles.